The number of rotatable bonds is 8. The first-order chi connectivity index (χ1) is 9.49. The standard InChI is InChI=1S/C14H22N4OS/c1-17(11-12-3-7-16-8-4-12)9-6-14(19)18(2)10-5-13(15)20/h3-4,7-8H,5-6,9-11H2,1-2H3,(H2,15,20). The average molecular weight is 294 g/mol. The highest BCUT2D eigenvalue weighted by Crippen LogP contribution is 2.02. The zero-order valence-electron chi connectivity index (χ0n) is 12.1. The third-order valence-corrected chi connectivity index (χ3v) is 3.23. The second-order valence-corrected chi connectivity index (χ2v) is 5.40. The normalized spacial score (nSPS) is 10.6. The minimum Gasteiger partial charge on any atom is -0.393 e. The summed E-state index contributed by atoms with van der Waals surface area (Å²) in [4.78, 5) is 20.1. The first-order valence-electron chi connectivity index (χ1n) is 6.58. The summed E-state index contributed by atoms with van der Waals surface area (Å²) in [5, 5.41) is 0. The lowest BCUT2D eigenvalue weighted by atomic mass is 10.2. The minimum atomic E-state index is 0.114. The summed E-state index contributed by atoms with van der Waals surface area (Å²) in [5.74, 6) is 0.114. The molecule has 5 nitrogen and oxygen atoms in total. The summed E-state index contributed by atoms with van der Waals surface area (Å²) in [7, 11) is 3.78. The van der Waals surface area contributed by atoms with Gasteiger partial charge in [-0.1, -0.05) is 12.2 Å². The Bertz CT molecular complexity index is 438. The Labute approximate surface area is 125 Å². The van der Waals surface area contributed by atoms with E-state index in [0.717, 1.165) is 13.1 Å². The maximum atomic E-state index is 11.9. The van der Waals surface area contributed by atoms with Gasteiger partial charge in [0.2, 0.25) is 5.91 Å². The van der Waals surface area contributed by atoms with Gasteiger partial charge in [0, 0.05) is 51.9 Å². The Morgan fingerprint density at radius 2 is 1.90 bits per heavy atom. The number of nitrogens with zero attached hydrogens (tertiary/aromatic N) is 3. The Hall–Kier alpha value is -1.53. The monoisotopic (exact) mass is 294 g/mol. The first-order valence-corrected chi connectivity index (χ1v) is 6.99. The minimum absolute atomic E-state index is 0.114. The van der Waals surface area contributed by atoms with Gasteiger partial charge in [-0.2, -0.15) is 0 Å². The SMILES string of the molecule is CN(CCC(=O)N(C)CCC(N)=S)Cc1ccncc1. The third kappa shape index (κ3) is 6.58. The van der Waals surface area contributed by atoms with Crippen molar-refractivity contribution in [1.29, 1.82) is 0 Å². The van der Waals surface area contributed by atoms with Crippen LogP contribution in [0.5, 0.6) is 0 Å². The summed E-state index contributed by atoms with van der Waals surface area (Å²) in [6.45, 7) is 2.12. The molecule has 1 aromatic rings. The van der Waals surface area contributed by atoms with Crippen molar-refractivity contribution in [1.82, 2.24) is 14.8 Å². The van der Waals surface area contributed by atoms with E-state index in [0.29, 0.717) is 24.4 Å². The second kappa shape index (κ2) is 8.60. The van der Waals surface area contributed by atoms with Crippen LogP contribution < -0.4 is 5.73 Å². The van der Waals surface area contributed by atoms with E-state index in [9.17, 15) is 4.79 Å². The van der Waals surface area contributed by atoms with E-state index in [1.54, 1.807) is 24.3 Å². The van der Waals surface area contributed by atoms with Gasteiger partial charge in [-0.05, 0) is 24.7 Å². The van der Waals surface area contributed by atoms with Crippen molar-refractivity contribution >= 4 is 23.1 Å². The number of carbonyl (C=O) groups excluding carboxylic acids is 1. The van der Waals surface area contributed by atoms with Crippen LogP contribution in [0.2, 0.25) is 0 Å². The van der Waals surface area contributed by atoms with E-state index >= 15 is 0 Å². The van der Waals surface area contributed by atoms with Crippen molar-refractivity contribution in [2.45, 2.75) is 19.4 Å². The Morgan fingerprint density at radius 3 is 2.50 bits per heavy atom. The van der Waals surface area contributed by atoms with Crippen molar-refractivity contribution < 1.29 is 4.79 Å². The molecule has 1 amide bonds. The molecule has 6 heteroatoms. The molecule has 0 aliphatic carbocycles. The lowest BCUT2D eigenvalue weighted by Gasteiger charge is -2.20. The largest absolute Gasteiger partial charge is 0.393 e. The van der Waals surface area contributed by atoms with Crippen LogP contribution in [0.4, 0.5) is 0 Å². The van der Waals surface area contributed by atoms with E-state index in [1.807, 2.05) is 19.2 Å². The summed E-state index contributed by atoms with van der Waals surface area (Å²) in [6, 6.07) is 3.96. The molecule has 0 aromatic carbocycles. The molecule has 0 unspecified atom stereocenters. The van der Waals surface area contributed by atoms with Crippen LogP contribution >= 0.6 is 12.2 Å². The van der Waals surface area contributed by atoms with Crippen LogP contribution in [0.1, 0.15) is 18.4 Å². The molecule has 0 spiro atoms. The molecule has 0 saturated carbocycles. The molecule has 2 N–H and O–H groups in total. The molecule has 0 bridgehead atoms. The van der Waals surface area contributed by atoms with E-state index < -0.39 is 0 Å². The highest BCUT2D eigenvalue weighted by atomic mass is 32.1. The van der Waals surface area contributed by atoms with Crippen molar-refractivity contribution in [3.8, 4) is 0 Å². The maximum absolute atomic E-state index is 11.9. The molecule has 0 atom stereocenters. The predicted octanol–water partition coefficient (Wildman–Crippen LogP) is 1.04. The molecular weight excluding hydrogens is 272 g/mol. The number of pyridine rings is 1. The van der Waals surface area contributed by atoms with E-state index in [-0.39, 0.29) is 5.91 Å². The molecular formula is C14H22N4OS. The third-order valence-electron chi connectivity index (χ3n) is 3.03. The van der Waals surface area contributed by atoms with Gasteiger partial charge in [-0.25, -0.2) is 0 Å². The molecule has 110 valence electrons. The predicted molar refractivity (Wildman–Crippen MR) is 84.2 cm³/mol. The van der Waals surface area contributed by atoms with E-state index in [1.165, 1.54) is 5.56 Å². The quantitative estimate of drug-likeness (QED) is 0.726. The van der Waals surface area contributed by atoms with Gasteiger partial charge >= 0.3 is 0 Å². The smallest absolute Gasteiger partial charge is 0.223 e. The summed E-state index contributed by atoms with van der Waals surface area (Å²) >= 11 is 4.81. The number of carbonyl (C=O) groups is 1. The lowest BCUT2D eigenvalue weighted by molar-refractivity contribution is -0.130. The van der Waals surface area contributed by atoms with Gasteiger partial charge in [0.05, 0.1) is 4.99 Å². The zero-order chi connectivity index (χ0) is 15.0. The fourth-order valence-corrected chi connectivity index (χ4v) is 1.85. The van der Waals surface area contributed by atoms with Crippen molar-refractivity contribution in [3.63, 3.8) is 0 Å². The number of amides is 1. The first kappa shape index (κ1) is 16.5. The Balaban J connectivity index is 2.28. The van der Waals surface area contributed by atoms with Gasteiger partial charge in [0.15, 0.2) is 0 Å². The number of hydrogen-bond acceptors (Lipinski definition) is 4. The topological polar surface area (TPSA) is 62.5 Å². The van der Waals surface area contributed by atoms with E-state index in [2.05, 4.69) is 9.88 Å². The number of nitrogens with two attached hydrogens (primary N) is 1. The molecule has 0 saturated heterocycles. The fourth-order valence-electron chi connectivity index (χ4n) is 1.76. The second-order valence-electron chi connectivity index (χ2n) is 4.87. The molecule has 0 fully saturated rings. The van der Waals surface area contributed by atoms with Crippen LogP contribution in [0.3, 0.4) is 0 Å². The Kier molecular flexibility index (Phi) is 7.11. The molecule has 0 aliphatic heterocycles. The van der Waals surface area contributed by atoms with Gasteiger partial charge in [0.1, 0.15) is 0 Å². The molecule has 0 radical (unpaired) electrons. The number of hydrogen-bond donors (Lipinski definition) is 1. The van der Waals surface area contributed by atoms with Crippen LogP contribution in [-0.2, 0) is 11.3 Å². The van der Waals surface area contributed by atoms with Crippen molar-refractivity contribution in [3.05, 3.63) is 30.1 Å². The van der Waals surface area contributed by atoms with Crippen molar-refractivity contribution in [2.24, 2.45) is 5.73 Å². The molecule has 1 rings (SSSR count). The maximum Gasteiger partial charge on any atom is 0.223 e. The van der Waals surface area contributed by atoms with Gasteiger partial charge in [0.25, 0.3) is 0 Å². The summed E-state index contributed by atoms with van der Waals surface area (Å²) in [5.41, 5.74) is 6.62. The number of thiocarbonyl (C=S) groups is 1. The van der Waals surface area contributed by atoms with Crippen LogP contribution in [-0.4, -0.2) is 52.9 Å². The van der Waals surface area contributed by atoms with Crippen LogP contribution in [0.15, 0.2) is 24.5 Å². The zero-order valence-corrected chi connectivity index (χ0v) is 12.9. The fraction of sp³-hybridized carbons (Fsp3) is 0.500. The van der Waals surface area contributed by atoms with Gasteiger partial charge in [-0.15, -0.1) is 0 Å². The average Bonchev–Trinajstić information content (AvgIpc) is 2.43. The summed E-state index contributed by atoms with van der Waals surface area (Å²) < 4.78 is 0. The number of aromatic nitrogens is 1. The molecule has 1 aromatic heterocycles. The lowest BCUT2D eigenvalue weighted by Crippen LogP contribution is -2.32. The van der Waals surface area contributed by atoms with Crippen LogP contribution in [0.25, 0.3) is 0 Å². The molecule has 20 heavy (non-hydrogen) atoms. The molecule has 0 aliphatic rings. The molecule has 1 heterocycles. The van der Waals surface area contributed by atoms with E-state index in [4.69, 9.17) is 18.0 Å². The summed E-state index contributed by atoms with van der Waals surface area (Å²) in [6.07, 6.45) is 4.62. The van der Waals surface area contributed by atoms with Crippen molar-refractivity contribution in [2.75, 3.05) is 27.2 Å². The Morgan fingerprint density at radius 1 is 1.25 bits per heavy atom. The highest BCUT2D eigenvalue weighted by molar-refractivity contribution is 7.80. The van der Waals surface area contributed by atoms with Crippen LogP contribution in [0, 0.1) is 0 Å². The highest BCUT2D eigenvalue weighted by Gasteiger charge is 2.10. The van der Waals surface area contributed by atoms with Gasteiger partial charge in [-0.3, -0.25) is 9.78 Å². The van der Waals surface area contributed by atoms with Gasteiger partial charge < -0.3 is 15.5 Å².